The lowest BCUT2D eigenvalue weighted by molar-refractivity contribution is -0.135. The van der Waals surface area contributed by atoms with Gasteiger partial charge in [0, 0.05) is 18.7 Å². The van der Waals surface area contributed by atoms with Gasteiger partial charge < -0.3 is 24.2 Å². The number of carboxylic acids is 1. The van der Waals surface area contributed by atoms with Crippen LogP contribution in [0.2, 0.25) is 0 Å². The van der Waals surface area contributed by atoms with Gasteiger partial charge in [-0.2, -0.15) is 0 Å². The third-order valence-corrected chi connectivity index (χ3v) is 5.65. The lowest BCUT2D eigenvalue weighted by Gasteiger charge is -2.27. The Labute approximate surface area is 208 Å². The van der Waals surface area contributed by atoms with Crippen LogP contribution in [0.15, 0.2) is 54.6 Å². The van der Waals surface area contributed by atoms with Crippen LogP contribution in [0.3, 0.4) is 0 Å². The quantitative estimate of drug-likeness (QED) is 0.372. The Morgan fingerprint density at radius 3 is 2.36 bits per heavy atom. The molecule has 1 atom stereocenters. The van der Waals surface area contributed by atoms with E-state index in [0.717, 1.165) is 16.5 Å². The SMILES string of the molecule is CCOc1ccc(N2C(=O)C[C@H](N(CCc3ccc(OC)c(OC)c3)C(=O)/C=C/C(=O)O)C2=O)cc1. The second-order valence-electron chi connectivity index (χ2n) is 7.86. The number of carbonyl (C=O) groups is 4. The van der Waals surface area contributed by atoms with Crippen LogP contribution >= 0.6 is 0 Å². The van der Waals surface area contributed by atoms with Gasteiger partial charge >= 0.3 is 5.97 Å². The summed E-state index contributed by atoms with van der Waals surface area (Å²) < 4.78 is 16.0. The van der Waals surface area contributed by atoms with Gasteiger partial charge in [0.15, 0.2) is 11.5 Å². The van der Waals surface area contributed by atoms with Crippen molar-refractivity contribution < 1.29 is 38.5 Å². The summed E-state index contributed by atoms with van der Waals surface area (Å²) in [5.74, 6) is -1.35. The Hall–Kier alpha value is -4.34. The molecular weight excluding hydrogens is 468 g/mol. The van der Waals surface area contributed by atoms with Crippen LogP contribution in [-0.4, -0.2) is 67.1 Å². The average Bonchev–Trinajstić information content (AvgIpc) is 3.16. The van der Waals surface area contributed by atoms with Crippen LogP contribution in [0.4, 0.5) is 5.69 Å². The van der Waals surface area contributed by atoms with E-state index in [1.54, 1.807) is 42.5 Å². The van der Waals surface area contributed by atoms with Gasteiger partial charge in [0.2, 0.25) is 11.8 Å². The topological polar surface area (TPSA) is 123 Å². The zero-order chi connectivity index (χ0) is 26.2. The van der Waals surface area contributed by atoms with Gasteiger partial charge in [-0.25, -0.2) is 9.69 Å². The molecule has 0 aliphatic carbocycles. The first-order chi connectivity index (χ1) is 17.3. The predicted molar refractivity (Wildman–Crippen MR) is 130 cm³/mol. The van der Waals surface area contributed by atoms with E-state index in [2.05, 4.69) is 0 Å². The molecule has 10 heteroatoms. The molecular formula is C26H28N2O8. The minimum absolute atomic E-state index is 0.0685. The van der Waals surface area contributed by atoms with Crippen LogP contribution in [-0.2, 0) is 25.6 Å². The smallest absolute Gasteiger partial charge is 0.328 e. The second-order valence-corrected chi connectivity index (χ2v) is 7.86. The molecule has 1 aliphatic heterocycles. The van der Waals surface area contributed by atoms with Gasteiger partial charge in [0.1, 0.15) is 11.8 Å². The number of hydrogen-bond acceptors (Lipinski definition) is 7. The minimum atomic E-state index is -1.30. The lowest BCUT2D eigenvalue weighted by Crippen LogP contribution is -2.46. The maximum Gasteiger partial charge on any atom is 0.328 e. The first-order valence-electron chi connectivity index (χ1n) is 11.3. The highest BCUT2D eigenvalue weighted by molar-refractivity contribution is 6.23. The van der Waals surface area contributed by atoms with Crippen molar-refractivity contribution in [1.82, 2.24) is 4.90 Å². The summed E-state index contributed by atoms with van der Waals surface area (Å²) in [7, 11) is 3.03. The number of benzene rings is 2. The number of carboxylic acid groups (broad SMARTS) is 1. The van der Waals surface area contributed by atoms with Crippen molar-refractivity contribution in [2.75, 3.05) is 32.3 Å². The van der Waals surface area contributed by atoms with Crippen LogP contribution < -0.4 is 19.1 Å². The average molecular weight is 497 g/mol. The van der Waals surface area contributed by atoms with Crippen LogP contribution in [0, 0.1) is 0 Å². The van der Waals surface area contributed by atoms with E-state index >= 15 is 0 Å². The molecule has 190 valence electrons. The van der Waals surface area contributed by atoms with Crippen LogP contribution in [0.5, 0.6) is 17.2 Å². The molecule has 0 aromatic heterocycles. The third kappa shape index (κ3) is 6.01. The van der Waals surface area contributed by atoms with Gasteiger partial charge in [-0.05, 0) is 55.3 Å². The van der Waals surface area contributed by atoms with Crippen molar-refractivity contribution in [3.05, 3.63) is 60.2 Å². The molecule has 2 aromatic rings. The summed E-state index contributed by atoms with van der Waals surface area (Å²) in [5.41, 5.74) is 1.16. The zero-order valence-electron chi connectivity index (χ0n) is 20.3. The molecule has 2 aromatic carbocycles. The molecule has 1 heterocycles. The van der Waals surface area contributed by atoms with Crippen molar-refractivity contribution in [2.24, 2.45) is 0 Å². The molecule has 1 N–H and O–H groups in total. The summed E-state index contributed by atoms with van der Waals surface area (Å²) in [6.07, 6.45) is 1.70. The van der Waals surface area contributed by atoms with Crippen molar-refractivity contribution in [1.29, 1.82) is 0 Å². The van der Waals surface area contributed by atoms with Gasteiger partial charge in [-0.3, -0.25) is 14.4 Å². The number of amides is 3. The Bertz CT molecular complexity index is 1160. The lowest BCUT2D eigenvalue weighted by atomic mass is 10.1. The fourth-order valence-electron chi connectivity index (χ4n) is 3.93. The Morgan fingerprint density at radius 2 is 1.75 bits per heavy atom. The zero-order valence-corrected chi connectivity index (χ0v) is 20.3. The van der Waals surface area contributed by atoms with E-state index in [1.807, 2.05) is 6.92 Å². The Balaban J connectivity index is 1.85. The van der Waals surface area contributed by atoms with Crippen molar-refractivity contribution in [2.45, 2.75) is 25.8 Å². The fourth-order valence-corrected chi connectivity index (χ4v) is 3.93. The van der Waals surface area contributed by atoms with Crippen LogP contribution in [0.1, 0.15) is 18.9 Å². The van der Waals surface area contributed by atoms with E-state index in [9.17, 15) is 19.2 Å². The first kappa shape index (κ1) is 26.3. The molecule has 3 rings (SSSR count). The summed E-state index contributed by atoms with van der Waals surface area (Å²) in [6, 6.07) is 10.7. The highest BCUT2D eigenvalue weighted by Crippen LogP contribution is 2.30. The number of hydrogen-bond donors (Lipinski definition) is 1. The van der Waals surface area contributed by atoms with E-state index in [-0.39, 0.29) is 13.0 Å². The summed E-state index contributed by atoms with van der Waals surface area (Å²) in [4.78, 5) is 52.3. The second kappa shape index (κ2) is 11.9. The molecule has 1 fully saturated rings. The van der Waals surface area contributed by atoms with E-state index in [4.69, 9.17) is 19.3 Å². The van der Waals surface area contributed by atoms with Gasteiger partial charge in [-0.15, -0.1) is 0 Å². The van der Waals surface area contributed by atoms with Gasteiger partial charge in [0.25, 0.3) is 5.91 Å². The minimum Gasteiger partial charge on any atom is -0.494 e. The number of rotatable bonds is 11. The summed E-state index contributed by atoms with van der Waals surface area (Å²) >= 11 is 0. The highest BCUT2D eigenvalue weighted by atomic mass is 16.5. The number of imide groups is 1. The van der Waals surface area contributed by atoms with Gasteiger partial charge in [0.05, 0.1) is 32.9 Å². The maximum absolute atomic E-state index is 13.3. The molecule has 1 saturated heterocycles. The number of ether oxygens (including phenoxy) is 3. The number of carbonyl (C=O) groups excluding carboxylic acids is 3. The summed E-state index contributed by atoms with van der Waals surface area (Å²) in [5, 5.41) is 8.95. The van der Waals surface area contributed by atoms with E-state index < -0.39 is 29.7 Å². The maximum atomic E-state index is 13.3. The molecule has 0 spiro atoms. The Kier molecular flexibility index (Phi) is 8.66. The van der Waals surface area contributed by atoms with Crippen molar-refractivity contribution in [3.8, 4) is 17.2 Å². The normalized spacial score (nSPS) is 15.3. The monoisotopic (exact) mass is 496 g/mol. The predicted octanol–water partition coefficient (Wildman–Crippen LogP) is 2.45. The van der Waals surface area contributed by atoms with E-state index in [1.165, 1.54) is 19.1 Å². The van der Waals surface area contributed by atoms with Crippen LogP contribution in [0.25, 0.3) is 0 Å². The largest absolute Gasteiger partial charge is 0.494 e. The number of methoxy groups -OCH3 is 2. The highest BCUT2D eigenvalue weighted by Gasteiger charge is 2.44. The molecule has 3 amide bonds. The Morgan fingerprint density at radius 1 is 1.06 bits per heavy atom. The van der Waals surface area contributed by atoms with Crippen molar-refractivity contribution in [3.63, 3.8) is 0 Å². The fraction of sp³-hybridized carbons (Fsp3) is 0.308. The number of aliphatic carboxylic acids is 1. The van der Waals surface area contributed by atoms with Gasteiger partial charge in [-0.1, -0.05) is 6.07 Å². The number of anilines is 1. The third-order valence-electron chi connectivity index (χ3n) is 5.65. The standard InChI is InChI=1S/C26H28N2O8/c1-4-36-19-8-6-18(7-9-19)28-24(30)16-20(26(28)33)27(23(29)11-12-25(31)32)14-13-17-5-10-21(34-2)22(15-17)35-3/h5-12,15,20H,4,13-14,16H2,1-3H3,(H,31,32)/b12-11+/t20-/m0/s1. The molecule has 0 bridgehead atoms. The van der Waals surface area contributed by atoms with Crippen molar-refractivity contribution >= 4 is 29.4 Å². The molecule has 1 aliphatic rings. The summed E-state index contributed by atoms with van der Waals surface area (Å²) in [6.45, 7) is 2.39. The first-order valence-corrected chi connectivity index (χ1v) is 11.3. The molecule has 0 radical (unpaired) electrons. The molecule has 0 saturated carbocycles. The van der Waals surface area contributed by atoms with E-state index in [0.29, 0.717) is 42.0 Å². The molecule has 36 heavy (non-hydrogen) atoms. The number of nitrogens with zero attached hydrogens (tertiary/aromatic N) is 2. The molecule has 0 unspecified atom stereocenters. The molecule has 10 nitrogen and oxygen atoms in total.